The molecule has 180 valence electrons. The van der Waals surface area contributed by atoms with Crippen molar-refractivity contribution < 1.29 is 15.0 Å². The van der Waals surface area contributed by atoms with Gasteiger partial charge in [0.25, 0.3) is 5.91 Å². The molecule has 0 aromatic rings. The van der Waals surface area contributed by atoms with Crippen LogP contribution in [0.1, 0.15) is 19.8 Å². The van der Waals surface area contributed by atoms with Crippen LogP contribution in [-0.2, 0) is 4.79 Å². The van der Waals surface area contributed by atoms with Crippen molar-refractivity contribution >= 4 is 18.1 Å². The quantitative estimate of drug-likeness (QED) is 0.312. The number of β-amino-alcohol motifs (C(OH)–C–C–N with tert-alkyl or cyclic N) is 1. The molecule has 0 saturated carbocycles. The Labute approximate surface area is 196 Å². The van der Waals surface area contributed by atoms with Gasteiger partial charge in [-0.2, -0.15) is 0 Å². The zero-order valence-corrected chi connectivity index (χ0v) is 19.4. The number of fused-ring (bicyclic) bond motifs is 1. The molecule has 3 heterocycles. The molecule has 9 nitrogen and oxygen atoms in total. The minimum Gasteiger partial charge on any atom is -0.393 e. The van der Waals surface area contributed by atoms with E-state index in [4.69, 9.17) is 0 Å². The van der Waals surface area contributed by atoms with Gasteiger partial charge in [-0.15, -0.1) is 0 Å². The summed E-state index contributed by atoms with van der Waals surface area (Å²) in [7, 11) is 0. The Morgan fingerprint density at radius 3 is 2.85 bits per heavy atom. The maximum atomic E-state index is 12.6. The van der Waals surface area contributed by atoms with Crippen LogP contribution < -0.4 is 10.6 Å². The van der Waals surface area contributed by atoms with E-state index in [0.717, 1.165) is 31.6 Å². The fraction of sp³-hybridized carbons (Fsp3) is 0.542. The Balaban J connectivity index is 1.44. The molecule has 0 aliphatic carbocycles. The van der Waals surface area contributed by atoms with E-state index >= 15 is 0 Å². The summed E-state index contributed by atoms with van der Waals surface area (Å²) >= 11 is 0. The third-order valence-corrected chi connectivity index (χ3v) is 5.93. The lowest BCUT2D eigenvalue weighted by Gasteiger charge is -2.30. The lowest BCUT2D eigenvalue weighted by atomic mass is 10.00. The number of aliphatic imine (C=N–C) groups is 2. The fourth-order valence-corrected chi connectivity index (χ4v) is 4.06. The molecule has 4 N–H and O–H groups in total. The van der Waals surface area contributed by atoms with E-state index < -0.39 is 6.10 Å². The number of hydrogen-bond acceptors (Lipinski definition) is 8. The zero-order chi connectivity index (χ0) is 23.8. The maximum absolute atomic E-state index is 12.6. The van der Waals surface area contributed by atoms with Crippen LogP contribution in [0.4, 0.5) is 0 Å². The number of amides is 1. The van der Waals surface area contributed by atoms with Gasteiger partial charge in [0.1, 0.15) is 11.5 Å². The third kappa shape index (κ3) is 7.20. The van der Waals surface area contributed by atoms with Crippen molar-refractivity contribution in [3.05, 3.63) is 48.2 Å². The average molecular weight is 457 g/mol. The summed E-state index contributed by atoms with van der Waals surface area (Å²) in [4.78, 5) is 25.5. The predicted molar refractivity (Wildman–Crippen MR) is 131 cm³/mol. The normalized spacial score (nSPS) is 22.4. The molecule has 0 aromatic carbocycles. The van der Waals surface area contributed by atoms with Crippen molar-refractivity contribution in [1.29, 1.82) is 0 Å². The molecule has 9 heteroatoms. The molecule has 3 aliphatic rings. The summed E-state index contributed by atoms with van der Waals surface area (Å²) in [5.74, 6) is 0.388. The van der Waals surface area contributed by atoms with Gasteiger partial charge in [0.05, 0.1) is 24.6 Å². The monoisotopic (exact) mass is 456 g/mol. The summed E-state index contributed by atoms with van der Waals surface area (Å²) in [6.07, 6.45) is 7.60. The van der Waals surface area contributed by atoms with Crippen LogP contribution in [0, 0.1) is 0 Å². The second kappa shape index (κ2) is 12.0. The van der Waals surface area contributed by atoms with Crippen molar-refractivity contribution in [2.75, 3.05) is 45.8 Å². The molecule has 0 spiro atoms. The number of nitrogens with one attached hydrogen (secondary N) is 2. The van der Waals surface area contributed by atoms with E-state index in [1.54, 1.807) is 19.3 Å². The third-order valence-electron chi connectivity index (χ3n) is 5.93. The first kappa shape index (κ1) is 25.0. The molecule has 0 radical (unpaired) electrons. The second-order valence-electron chi connectivity index (χ2n) is 8.72. The maximum Gasteiger partial charge on any atom is 0.270 e. The van der Waals surface area contributed by atoms with Crippen LogP contribution in [0.3, 0.4) is 0 Å². The standard InChI is InChI=1S/C24H36N6O3/c1-4-18-7-9-29(13-19(18)5-2)15-21(32)12-26-24(33)22-10-23-28-20(14-30(23)16-27-22)11-25-8-6-17(3)31/h4-5,10,16-17,20-21,25,31-32H,1-2,6-9,11-15H2,3H3,(H,26,33)/t17?,20?,21-/m0/s1. The number of amidine groups is 1. The van der Waals surface area contributed by atoms with Gasteiger partial charge in [-0.25, -0.2) is 4.99 Å². The Bertz CT molecular complexity index is 860. The summed E-state index contributed by atoms with van der Waals surface area (Å²) in [6.45, 7) is 13.8. The number of aliphatic hydroxyl groups excluding tert-OH is 2. The van der Waals surface area contributed by atoms with Gasteiger partial charge < -0.3 is 25.7 Å². The Morgan fingerprint density at radius 2 is 2.12 bits per heavy atom. The van der Waals surface area contributed by atoms with Gasteiger partial charge in [-0.1, -0.05) is 25.3 Å². The number of carbonyl (C=O) groups excluding carboxylic acids is 1. The van der Waals surface area contributed by atoms with E-state index in [2.05, 4.69) is 38.7 Å². The highest BCUT2D eigenvalue weighted by atomic mass is 16.3. The largest absolute Gasteiger partial charge is 0.393 e. The van der Waals surface area contributed by atoms with E-state index in [-0.39, 0.29) is 30.3 Å². The topological polar surface area (TPSA) is 113 Å². The van der Waals surface area contributed by atoms with Crippen LogP contribution in [0.15, 0.2) is 58.2 Å². The molecule has 2 unspecified atom stereocenters. The summed E-state index contributed by atoms with van der Waals surface area (Å²) in [5.41, 5.74) is 2.62. The first-order valence-corrected chi connectivity index (χ1v) is 11.5. The van der Waals surface area contributed by atoms with Crippen molar-refractivity contribution in [3.63, 3.8) is 0 Å². The van der Waals surface area contributed by atoms with E-state index in [1.165, 1.54) is 5.57 Å². The summed E-state index contributed by atoms with van der Waals surface area (Å²) < 4.78 is 0. The number of allylic oxidation sites excluding steroid dienone is 1. The molecule has 3 aliphatic heterocycles. The molecule has 3 rings (SSSR count). The van der Waals surface area contributed by atoms with Crippen LogP contribution in [0.25, 0.3) is 0 Å². The zero-order valence-electron chi connectivity index (χ0n) is 19.4. The predicted octanol–water partition coefficient (Wildman–Crippen LogP) is 0.207. The van der Waals surface area contributed by atoms with Gasteiger partial charge in [0, 0.05) is 45.3 Å². The number of hydrogen-bond donors (Lipinski definition) is 4. The van der Waals surface area contributed by atoms with E-state index in [9.17, 15) is 15.0 Å². The minimum absolute atomic E-state index is 0.0709. The summed E-state index contributed by atoms with van der Waals surface area (Å²) in [5, 5.41) is 25.8. The number of rotatable bonds is 12. The lowest BCUT2D eigenvalue weighted by molar-refractivity contribution is -0.118. The Morgan fingerprint density at radius 1 is 1.33 bits per heavy atom. The number of carbonyl (C=O) groups is 1. The van der Waals surface area contributed by atoms with Gasteiger partial charge in [-0.05, 0) is 37.5 Å². The van der Waals surface area contributed by atoms with E-state index in [1.807, 2.05) is 17.1 Å². The highest BCUT2D eigenvalue weighted by Gasteiger charge is 2.27. The van der Waals surface area contributed by atoms with Gasteiger partial charge in [0.2, 0.25) is 0 Å². The van der Waals surface area contributed by atoms with Gasteiger partial charge >= 0.3 is 0 Å². The molecule has 33 heavy (non-hydrogen) atoms. The van der Waals surface area contributed by atoms with Gasteiger partial charge in [-0.3, -0.25) is 14.7 Å². The first-order valence-electron chi connectivity index (χ1n) is 11.5. The van der Waals surface area contributed by atoms with Crippen LogP contribution in [0.2, 0.25) is 0 Å². The van der Waals surface area contributed by atoms with Crippen LogP contribution >= 0.6 is 0 Å². The minimum atomic E-state index is -0.684. The SMILES string of the molecule is C=CC1=C(C=C)CN(C[C@@H](O)CNC(=O)C2=CC3=NC(CNCCC(C)O)CN3C=N2)CC1. The molecule has 0 fully saturated rings. The number of nitrogens with zero attached hydrogens (tertiary/aromatic N) is 4. The van der Waals surface area contributed by atoms with Crippen molar-refractivity contribution in [2.24, 2.45) is 9.98 Å². The lowest BCUT2D eigenvalue weighted by Crippen LogP contribution is -2.43. The van der Waals surface area contributed by atoms with Crippen molar-refractivity contribution in [1.82, 2.24) is 20.4 Å². The molecule has 0 bridgehead atoms. The second-order valence-corrected chi connectivity index (χ2v) is 8.72. The highest BCUT2D eigenvalue weighted by molar-refractivity contribution is 6.10. The highest BCUT2D eigenvalue weighted by Crippen LogP contribution is 2.19. The first-order chi connectivity index (χ1) is 15.9. The molecule has 0 aromatic heterocycles. The molecular weight excluding hydrogens is 420 g/mol. The summed E-state index contributed by atoms with van der Waals surface area (Å²) in [6, 6.07) is 0.0709. The average Bonchev–Trinajstić information content (AvgIpc) is 3.22. The fourth-order valence-electron chi connectivity index (χ4n) is 4.06. The van der Waals surface area contributed by atoms with E-state index in [0.29, 0.717) is 31.9 Å². The Hall–Kier alpha value is -2.59. The number of aliphatic hydroxyl groups is 2. The molecular formula is C24H36N6O3. The van der Waals surface area contributed by atoms with Crippen LogP contribution in [0.5, 0.6) is 0 Å². The molecule has 0 saturated heterocycles. The smallest absolute Gasteiger partial charge is 0.270 e. The molecule has 3 atom stereocenters. The Kier molecular flexibility index (Phi) is 9.13. The molecule has 1 amide bonds. The van der Waals surface area contributed by atoms with Crippen molar-refractivity contribution in [2.45, 2.75) is 38.0 Å². The van der Waals surface area contributed by atoms with Crippen LogP contribution in [-0.4, -0.2) is 102 Å². The van der Waals surface area contributed by atoms with Crippen molar-refractivity contribution in [3.8, 4) is 0 Å². The van der Waals surface area contributed by atoms with Gasteiger partial charge in [0.15, 0.2) is 0 Å².